The van der Waals surface area contributed by atoms with Gasteiger partial charge in [-0.2, -0.15) is 0 Å². The normalized spacial score (nSPS) is 14.8. The van der Waals surface area contributed by atoms with Crippen LogP contribution in [0.15, 0.2) is 48.5 Å². The predicted molar refractivity (Wildman–Crippen MR) is 109 cm³/mol. The zero-order chi connectivity index (χ0) is 19.3. The number of quaternary nitrogens is 1. The van der Waals surface area contributed by atoms with Crippen LogP contribution in [0, 0.1) is 0 Å². The van der Waals surface area contributed by atoms with E-state index in [0.717, 1.165) is 47.3 Å². The molecule has 1 saturated heterocycles. The van der Waals surface area contributed by atoms with Crippen LogP contribution in [-0.2, 0) is 11.3 Å². The van der Waals surface area contributed by atoms with Crippen molar-refractivity contribution in [2.45, 2.75) is 25.6 Å². The van der Waals surface area contributed by atoms with Crippen LogP contribution < -0.4 is 14.8 Å². The molecule has 0 saturated carbocycles. The molecule has 4 rings (SSSR count). The van der Waals surface area contributed by atoms with E-state index >= 15 is 0 Å². The molecule has 2 heterocycles. The van der Waals surface area contributed by atoms with Crippen LogP contribution in [0.2, 0.25) is 0 Å². The molecule has 0 spiro atoms. The number of esters is 1. The fourth-order valence-corrected chi connectivity index (χ4v) is 4.46. The molecule has 2 aromatic carbocycles. The highest BCUT2D eigenvalue weighted by Crippen LogP contribution is 2.39. The Balaban J connectivity index is 1.55. The molecule has 0 atom stereocenters. The van der Waals surface area contributed by atoms with Gasteiger partial charge >= 0.3 is 5.97 Å². The number of hydrogen-bond acceptors (Lipinski definition) is 5. The summed E-state index contributed by atoms with van der Waals surface area (Å²) in [6, 6.07) is 15.5. The monoisotopic (exact) mass is 398 g/mol. The second-order valence-corrected chi connectivity index (χ2v) is 7.92. The van der Waals surface area contributed by atoms with E-state index in [1.54, 1.807) is 7.11 Å². The molecular weight excluding hydrogens is 374 g/mol. The number of ether oxygens (including phenoxy) is 3. The summed E-state index contributed by atoms with van der Waals surface area (Å²) >= 11 is 1.43. The molecule has 0 amide bonds. The van der Waals surface area contributed by atoms with E-state index in [1.165, 1.54) is 11.3 Å². The maximum atomic E-state index is 12.9. The maximum absolute atomic E-state index is 12.9. The standard InChI is InChI=1S/C22H23NO4S/c1-25-17-6-4-5-15(13-17)14-26-22(24)21-20(27-16-9-11-23-12-10-16)18-7-2-3-8-19(18)28-21/h2-8,13,16,23H,9-12,14H2,1H3/p+1. The molecule has 146 valence electrons. The Bertz CT molecular complexity index is 962. The van der Waals surface area contributed by atoms with Crippen molar-refractivity contribution in [1.82, 2.24) is 0 Å². The lowest BCUT2D eigenvalue weighted by molar-refractivity contribution is -0.664. The predicted octanol–water partition coefficient (Wildman–Crippen LogP) is 3.37. The smallest absolute Gasteiger partial charge is 0.352 e. The molecule has 0 radical (unpaired) electrons. The fraction of sp³-hybridized carbons (Fsp3) is 0.318. The topological polar surface area (TPSA) is 61.4 Å². The van der Waals surface area contributed by atoms with E-state index in [-0.39, 0.29) is 18.7 Å². The van der Waals surface area contributed by atoms with E-state index < -0.39 is 0 Å². The highest BCUT2D eigenvalue weighted by atomic mass is 32.1. The number of rotatable bonds is 6. The number of piperidine rings is 1. The van der Waals surface area contributed by atoms with E-state index in [1.807, 2.05) is 48.5 Å². The third kappa shape index (κ3) is 4.13. The van der Waals surface area contributed by atoms with Crippen molar-refractivity contribution in [2.75, 3.05) is 20.2 Å². The van der Waals surface area contributed by atoms with Gasteiger partial charge in [-0.05, 0) is 29.8 Å². The van der Waals surface area contributed by atoms with Crippen molar-refractivity contribution < 1.29 is 24.3 Å². The quantitative estimate of drug-likeness (QED) is 0.647. The summed E-state index contributed by atoms with van der Waals surface area (Å²) in [7, 11) is 1.62. The van der Waals surface area contributed by atoms with Gasteiger partial charge in [0.1, 0.15) is 18.5 Å². The van der Waals surface area contributed by atoms with Gasteiger partial charge in [-0.1, -0.05) is 24.3 Å². The van der Waals surface area contributed by atoms with Gasteiger partial charge in [-0.3, -0.25) is 0 Å². The average molecular weight is 399 g/mol. The number of methoxy groups -OCH3 is 1. The van der Waals surface area contributed by atoms with Crippen molar-refractivity contribution in [3.05, 3.63) is 59.0 Å². The molecule has 0 aliphatic carbocycles. The second-order valence-electron chi connectivity index (χ2n) is 6.87. The van der Waals surface area contributed by atoms with E-state index in [4.69, 9.17) is 14.2 Å². The molecule has 1 aliphatic heterocycles. The molecule has 28 heavy (non-hydrogen) atoms. The first-order chi connectivity index (χ1) is 13.7. The fourth-order valence-electron chi connectivity index (χ4n) is 3.43. The van der Waals surface area contributed by atoms with E-state index in [2.05, 4.69) is 5.32 Å². The molecule has 1 aliphatic rings. The summed E-state index contributed by atoms with van der Waals surface area (Å²) < 4.78 is 18.2. The second kappa shape index (κ2) is 8.63. The van der Waals surface area contributed by atoms with Gasteiger partial charge in [0, 0.05) is 22.9 Å². The van der Waals surface area contributed by atoms with Gasteiger partial charge in [0.2, 0.25) is 0 Å². The first-order valence-corrected chi connectivity index (χ1v) is 10.4. The lowest BCUT2D eigenvalue weighted by atomic mass is 10.1. The molecule has 2 N–H and O–H groups in total. The highest BCUT2D eigenvalue weighted by molar-refractivity contribution is 7.21. The van der Waals surface area contributed by atoms with Crippen molar-refractivity contribution in [3.63, 3.8) is 0 Å². The van der Waals surface area contributed by atoms with Crippen molar-refractivity contribution in [3.8, 4) is 11.5 Å². The molecular formula is C22H24NO4S+. The Hall–Kier alpha value is -2.57. The van der Waals surface area contributed by atoms with Crippen molar-refractivity contribution in [1.29, 1.82) is 0 Å². The third-order valence-electron chi connectivity index (χ3n) is 4.91. The zero-order valence-corrected chi connectivity index (χ0v) is 16.7. The Morgan fingerprint density at radius 1 is 1.14 bits per heavy atom. The van der Waals surface area contributed by atoms with Crippen LogP contribution in [0.3, 0.4) is 0 Å². The number of benzene rings is 2. The van der Waals surface area contributed by atoms with E-state index in [9.17, 15) is 4.79 Å². The van der Waals surface area contributed by atoms with Gasteiger partial charge in [-0.15, -0.1) is 11.3 Å². The summed E-state index contributed by atoms with van der Waals surface area (Å²) in [4.78, 5) is 13.4. The number of carbonyl (C=O) groups excluding carboxylic acids is 1. The zero-order valence-electron chi connectivity index (χ0n) is 15.9. The SMILES string of the molecule is COc1cccc(COC(=O)c2sc3ccccc3c2OC2CC[NH2+]CC2)c1. The first kappa shape index (κ1) is 18.8. The van der Waals surface area contributed by atoms with Crippen LogP contribution in [0.5, 0.6) is 11.5 Å². The van der Waals surface area contributed by atoms with Crippen LogP contribution in [-0.4, -0.2) is 32.3 Å². The Labute approximate surface area is 168 Å². The van der Waals surface area contributed by atoms with Crippen molar-refractivity contribution >= 4 is 27.4 Å². The van der Waals surface area contributed by atoms with Crippen molar-refractivity contribution in [2.24, 2.45) is 0 Å². The number of fused-ring (bicyclic) bond motifs is 1. The van der Waals surface area contributed by atoms with Crippen LogP contribution in [0.25, 0.3) is 10.1 Å². The summed E-state index contributed by atoms with van der Waals surface area (Å²) in [6.07, 6.45) is 2.12. The number of nitrogens with two attached hydrogens (primary N) is 1. The van der Waals surface area contributed by atoms with Crippen LogP contribution in [0.1, 0.15) is 28.1 Å². The molecule has 0 bridgehead atoms. The van der Waals surface area contributed by atoms with Gasteiger partial charge in [0.15, 0.2) is 10.6 Å². The van der Waals surface area contributed by atoms with Crippen LogP contribution in [0.4, 0.5) is 0 Å². The van der Waals surface area contributed by atoms with Gasteiger partial charge in [-0.25, -0.2) is 4.79 Å². The summed E-state index contributed by atoms with van der Waals surface area (Å²) in [5, 5.41) is 3.28. The summed E-state index contributed by atoms with van der Waals surface area (Å²) in [6.45, 7) is 2.31. The molecule has 0 unspecified atom stereocenters. The summed E-state index contributed by atoms with van der Waals surface area (Å²) in [5.74, 6) is 1.07. The molecule has 6 heteroatoms. The largest absolute Gasteiger partial charge is 0.497 e. The van der Waals surface area contributed by atoms with Gasteiger partial charge < -0.3 is 19.5 Å². The minimum atomic E-state index is -0.346. The Morgan fingerprint density at radius 3 is 2.79 bits per heavy atom. The molecule has 1 fully saturated rings. The minimum absolute atomic E-state index is 0.146. The maximum Gasteiger partial charge on any atom is 0.352 e. The first-order valence-electron chi connectivity index (χ1n) is 9.54. The number of carbonyl (C=O) groups is 1. The van der Waals surface area contributed by atoms with Gasteiger partial charge in [0.25, 0.3) is 0 Å². The molecule has 3 aromatic rings. The lowest BCUT2D eigenvalue weighted by Crippen LogP contribution is -2.86. The molecule has 1 aromatic heterocycles. The Morgan fingerprint density at radius 2 is 1.96 bits per heavy atom. The third-order valence-corrected chi connectivity index (χ3v) is 6.04. The van der Waals surface area contributed by atoms with Crippen LogP contribution >= 0.6 is 11.3 Å². The van der Waals surface area contributed by atoms with Gasteiger partial charge in [0.05, 0.1) is 20.2 Å². The Kier molecular flexibility index (Phi) is 5.78. The van der Waals surface area contributed by atoms with E-state index in [0.29, 0.717) is 10.6 Å². The average Bonchev–Trinajstić information content (AvgIpc) is 3.11. The molecule has 5 nitrogen and oxygen atoms in total. The number of thiophene rings is 1. The lowest BCUT2D eigenvalue weighted by Gasteiger charge is -2.22. The highest BCUT2D eigenvalue weighted by Gasteiger charge is 2.25. The summed E-state index contributed by atoms with van der Waals surface area (Å²) in [5.41, 5.74) is 0.888. The number of hydrogen-bond donors (Lipinski definition) is 1. The minimum Gasteiger partial charge on any atom is -0.497 e.